The molecule has 4 rings (SSSR count). The van der Waals surface area contributed by atoms with Crippen LogP contribution in [0.3, 0.4) is 0 Å². The van der Waals surface area contributed by atoms with Crippen molar-refractivity contribution in [2.75, 3.05) is 35.7 Å². The van der Waals surface area contributed by atoms with Crippen molar-refractivity contribution in [3.63, 3.8) is 0 Å². The van der Waals surface area contributed by atoms with Gasteiger partial charge in [0.05, 0.1) is 11.3 Å². The standard InChI is InChI=1S/C20H26N6O3/c1-2-7-28-14-9-22-16-8-13(5-6-17(16)29-11-14)25-20-23-10-15(18(21)27)19(26-20)24-12-3-4-12/h5-6,8,10,12,14,22H,2-4,7,9,11H2,1H3,(H2,21,27)(H2,23,24,25,26). The predicted octanol–water partition coefficient (Wildman–Crippen LogP) is 2.49. The molecule has 1 aromatic carbocycles. The summed E-state index contributed by atoms with van der Waals surface area (Å²) in [6, 6.07) is 6.07. The Bertz CT molecular complexity index is 887. The molecule has 0 saturated heterocycles. The van der Waals surface area contributed by atoms with Crippen LogP contribution >= 0.6 is 0 Å². The van der Waals surface area contributed by atoms with Crippen LogP contribution in [0.25, 0.3) is 0 Å². The van der Waals surface area contributed by atoms with Gasteiger partial charge in [-0.2, -0.15) is 4.98 Å². The number of anilines is 4. The molecular weight excluding hydrogens is 372 g/mol. The van der Waals surface area contributed by atoms with Gasteiger partial charge in [-0.15, -0.1) is 0 Å². The lowest BCUT2D eigenvalue weighted by atomic mass is 10.2. The number of hydrogen-bond donors (Lipinski definition) is 4. The Morgan fingerprint density at radius 3 is 3.03 bits per heavy atom. The van der Waals surface area contributed by atoms with Crippen LogP contribution in [0, 0.1) is 0 Å². The van der Waals surface area contributed by atoms with Gasteiger partial charge in [-0.3, -0.25) is 4.79 Å². The number of aromatic nitrogens is 2. The molecule has 29 heavy (non-hydrogen) atoms. The summed E-state index contributed by atoms with van der Waals surface area (Å²) in [6.45, 7) is 3.99. The summed E-state index contributed by atoms with van der Waals surface area (Å²) < 4.78 is 11.6. The van der Waals surface area contributed by atoms with Crippen LogP contribution < -0.4 is 26.4 Å². The summed E-state index contributed by atoms with van der Waals surface area (Å²) >= 11 is 0. The molecule has 0 spiro atoms. The molecule has 1 unspecified atom stereocenters. The summed E-state index contributed by atoms with van der Waals surface area (Å²) in [5.41, 5.74) is 7.40. The lowest BCUT2D eigenvalue weighted by Gasteiger charge is -2.14. The number of rotatable bonds is 8. The van der Waals surface area contributed by atoms with Crippen molar-refractivity contribution in [1.82, 2.24) is 9.97 Å². The van der Waals surface area contributed by atoms with Crippen molar-refractivity contribution in [2.45, 2.75) is 38.3 Å². The Morgan fingerprint density at radius 1 is 1.41 bits per heavy atom. The largest absolute Gasteiger partial charge is 0.489 e. The highest BCUT2D eigenvalue weighted by Crippen LogP contribution is 2.31. The maximum Gasteiger partial charge on any atom is 0.254 e. The molecule has 2 heterocycles. The summed E-state index contributed by atoms with van der Waals surface area (Å²) in [6.07, 6.45) is 4.56. The second-order valence-corrected chi connectivity index (χ2v) is 7.26. The molecule has 1 fully saturated rings. The fourth-order valence-corrected chi connectivity index (χ4v) is 3.01. The highest BCUT2D eigenvalue weighted by atomic mass is 16.5. The van der Waals surface area contributed by atoms with Crippen LogP contribution in [0.15, 0.2) is 24.4 Å². The monoisotopic (exact) mass is 398 g/mol. The summed E-state index contributed by atoms with van der Waals surface area (Å²) in [5.74, 6) is 1.08. The summed E-state index contributed by atoms with van der Waals surface area (Å²) in [7, 11) is 0. The van der Waals surface area contributed by atoms with Crippen molar-refractivity contribution < 1.29 is 14.3 Å². The van der Waals surface area contributed by atoms with Gasteiger partial charge in [-0.25, -0.2) is 4.98 Å². The number of carbonyl (C=O) groups excluding carboxylic acids is 1. The van der Waals surface area contributed by atoms with E-state index in [1.54, 1.807) is 0 Å². The van der Waals surface area contributed by atoms with E-state index >= 15 is 0 Å². The van der Waals surface area contributed by atoms with E-state index in [1.807, 2.05) is 18.2 Å². The van der Waals surface area contributed by atoms with Gasteiger partial charge in [0.25, 0.3) is 5.91 Å². The predicted molar refractivity (Wildman–Crippen MR) is 111 cm³/mol. The Kier molecular flexibility index (Phi) is 5.66. The van der Waals surface area contributed by atoms with Crippen molar-refractivity contribution in [3.05, 3.63) is 30.0 Å². The van der Waals surface area contributed by atoms with Crippen LogP contribution in [0.2, 0.25) is 0 Å². The van der Waals surface area contributed by atoms with Crippen molar-refractivity contribution in [1.29, 1.82) is 0 Å². The molecule has 0 bridgehead atoms. The van der Waals surface area contributed by atoms with Gasteiger partial charge in [0.1, 0.15) is 24.3 Å². The first-order valence-corrected chi connectivity index (χ1v) is 9.95. The van der Waals surface area contributed by atoms with Crippen LogP contribution in [0.4, 0.5) is 23.1 Å². The lowest BCUT2D eigenvalue weighted by molar-refractivity contribution is 0.0318. The molecule has 9 heteroatoms. The fraction of sp³-hybridized carbons (Fsp3) is 0.450. The number of nitrogens with zero attached hydrogens (tertiary/aromatic N) is 2. The minimum absolute atomic E-state index is 0.0134. The Labute approximate surface area is 169 Å². The molecule has 9 nitrogen and oxygen atoms in total. The van der Waals surface area contributed by atoms with Gasteiger partial charge < -0.3 is 31.2 Å². The van der Waals surface area contributed by atoms with E-state index in [1.165, 1.54) is 6.20 Å². The van der Waals surface area contributed by atoms with E-state index in [9.17, 15) is 4.79 Å². The second kappa shape index (κ2) is 8.52. The molecule has 2 aromatic rings. The summed E-state index contributed by atoms with van der Waals surface area (Å²) in [5, 5.41) is 9.79. The van der Waals surface area contributed by atoms with Crippen LogP contribution in [0.5, 0.6) is 5.75 Å². The minimum atomic E-state index is -0.550. The quantitative estimate of drug-likeness (QED) is 0.535. The van der Waals surface area contributed by atoms with Crippen LogP contribution in [0.1, 0.15) is 36.5 Å². The number of ether oxygens (including phenoxy) is 2. The van der Waals surface area contributed by atoms with Crippen LogP contribution in [-0.4, -0.2) is 47.8 Å². The molecule has 0 radical (unpaired) electrons. The smallest absolute Gasteiger partial charge is 0.254 e. The zero-order chi connectivity index (χ0) is 20.2. The van der Waals surface area contributed by atoms with E-state index in [4.69, 9.17) is 15.2 Å². The number of benzene rings is 1. The zero-order valence-corrected chi connectivity index (χ0v) is 16.4. The third-order valence-electron chi connectivity index (χ3n) is 4.71. The molecule has 1 aliphatic carbocycles. The summed E-state index contributed by atoms with van der Waals surface area (Å²) in [4.78, 5) is 20.3. The van der Waals surface area contributed by atoms with Crippen molar-refractivity contribution in [2.24, 2.45) is 5.73 Å². The third kappa shape index (κ3) is 4.86. The maximum atomic E-state index is 11.6. The van der Waals surface area contributed by atoms with E-state index in [0.29, 0.717) is 37.6 Å². The number of amides is 1. The first-order chi connectivity index (χ1) is 14.1. The molecule has 2 aliphatic rings. The van der Waals surface area contributed by atoms with Crippen molar-refractivity contribution in [3.8, 4) is 5.75 Å². The Morgan fingerprint density at radius 2 is 2.28 bits per heavy atom. The van der Waals surface area contributed by atoms with E-state index in [0.717, 1.165) is 36.4 Å². The van der Waals surface area contributed by atoms with Crippen LogP contribution in [-0.2, 0) is 4.74 Å². The lowest BCUT2D eigenvalue weighted by Crippen LogP contribution is -2.27. The van der Waals surface area contributed by atoms with Crippen molar-refractivity contribution >= 4 is 29.0 Å². The highest BCUT2D eigenvalue weighted by Gasteiger charge is 2.24. The minimum Gasteiger partial charge on any atom is -0.489 e. The SMILES string of the molecule is CCCOC1CNc2cc(Nc3ncc(C(N)=O)c(NC4CC4)n3)ccc2OC1. The molecule has 154 valence electrons. The first kappa shape index (κ1) is 19.3. The number of nitrogens with one attached hydrogen (secondary N) is 3. The van der Waals surface area contributed by atoms with Gasteiger partial charge in [0.2, 0.25) is 5.95 Å². The third-order valence-corrected chi connectivity index (χ3v) is 4.71. The van der Waals surface area contributed by atoms with Gasteiger partial charge in [-0.05, 0) is 37.5 Å². The van der Waals surface area contributed by atoms with Gasteiger partial charge >= 0.3 is 0 Å². The van der Waals surface area contributed by atoms with E-state index in [2.05, 4.69) is 32.8 Å². The number of hydrogen-bond acceptors (Lipinski definition) is 8. The molecule has 1 amide bonds. The molecule has 1 saturated carbocycles. The normalized spacial score (nSPS) is 18.0. The number of nitrogens with two attached hydrogens (primary N) is 1. The Hall–Kier alpha value is -3.07. The average molecular weight is 398 g/mol. The number of carbonyl (C=O) groups is 1. The topological polar surface area (TPSA) is 123 Å². The fourth-order valence-electron chi connectivity index (χ4n) is 3.01. The number of fused-ring (bicyclic) bond motifs is 1. The highest BCUT2D eigenvalue weighted by molar-refractivity contribution is 5.97. The first-order valence-electron chi connectivity index (χ1n) is 9.95. The van der Waals surface area contributed by atoms with Gasteiger partial charge in [-0.1, -0.05) is 6.92 Å². The molecule has 1 atom stereocenters. The van der Waals surface area contributed by atoms with E-state index < -0.39 is 5.91 Å². The molecule has 5 N–H and O–H groups in total. The zero-order valence-electron chi connectivity index (χ0n) is 16.4. The number of primary amides is 1. The Balaban J connectivity index is 1.48. The van der Waals surface area contributed by atoms with Gasteiger partial charge in [0.15, 0.2) is 0 Å². The average Bonchev–Trinajstić information content (AvgIpc) is 3.53. The van der Waals surface area contributed by atoms with E-state index in [-0.39, 0.29) is 11.7 Å². The maximum absolute atomic E-state index is 11.6. The molecular formula is C20H26N6O3. The second-order valence-electron chi connectivity index (χ2n) is 7.26. The molecule has 1 aliphatic heterocycles. The molecule has 1 aromatic heterocycles. The van der Waals surface area contributed by atoms with Gasteiger partial charge in [0, 0.05) is 31.1 Å².